The molecule has 7 nitrogen and oxygen atoms in total. The summed E-state index contributed by atoms with van der Waals surface area (Å²) < 4.78 is 5.12. The van der Waals surface area contributed by atoms with Gasteiger partial charge in [-0.25, -0.2) is 0 Å². The molecule has 0 bridgehead atoms. The minimum Gasteiger partial charge on any atom is -0.361 e. The summed E-state index contributed by atoms with van der Waals surface area (Å²) in [7, 11) is 0. The number of aryl methyl sites for hydroxylation is 1. The Morgan fingerprint density at radius 1 is 1.13 bits per heavy atom. The van der Waals surface area contributed by atoms with Crippen LogP contribution in [-0.4, -0.2) is 54.6 Å². The first-order valence-electron chi connectivity index (χ1n) is 10.4. The fourth-order valence-electron chi connectivity index (χ4n) is 3.97. The van der Waals surface area contributed by atoms with Crippen LogP contribution in [-0.2, 0) is 22.6 Å². The summed E-state index contributed by atoms with van der Waals surface area (Å²) in [6.45, 7) is 5.83. The highest BCUT2D eigenvalue weighted by atomic mass is 16.5. The number of aromatic nitrogens is 1. The van der Waals surface area contributed by atoms with Crippen LogP contribution in [0.15, 0.2) is 53.1 Å². The first-order chi connectivity index (χ1) is 14.6. The van der Waals surface area contributed by atoms with Gasteiger partial charge in [0.05, 0.1) is 39.1 Å². The van der Waals surface area contributed by atoms with E-state index in [1.165, 1.54) is 4.90 Å². The van der Waals surface area contributed by atoms with Gasteiger partial charge in [0.2, 0.25) is 11.8 Å². The van der Waals surface area contributed by atoms with Crippen LogP contribution in [0.25, 0.3) is 10.8 Å². The molecule has 2 heterocycles. The number of fused-ring (bicyclic) bond motifs is 1. The molecule has 1 aliphatic rings. The van der Waals surface area contributed by atoms with Gasteiger partial charge in [-0.2, -0.15) is 0 Å². The lowest BCUT2D eigenvalue weighted by atomic mass is 10.0. The van der Waals surface area contributed by atoms with E-state index < -0.39 is 0 Å². The summed E-state index contributed by atoms with van der Waals surface area (Å²) in [5.74, 6) is 0.653. The number of piperazine rings is 1. The molecular formula is C23H27N4O3+. The molecule has 1 saturated heterocycles. The van der Waals surface area contributed by atoms with Gasteiger partial charge < -0.3 is 19.6 Å². The highest BCUT2D eigenvalue weighted by Gasteiger charge is 2.24. The number of rotatable bonds is 6. The third-order valence-electron chi connectivity index (χ3n) is 5.60. The van der Waals surface area contributed by atoms with E-state index >= 15 is 0 Å². The van der Waals surface area contributed by atoms with Crippen molar-refractivity contribution >= 4 is 22.6 Å². The van der Waals surface area contributed by atoms with Gasteiger partial charge in [0, 0.05) is 6.07 Å². The Balaban J connectivity index is 1.23. The van der Waals surface area contributed by atoms with Crippen molar-refractivity contribution in [1.29, 1.82) is 0 Å². The zero-order valence-electron chi connectivity index (χ0n) is 17.2. The van der Waals surface area contributed by atoms with E-state index in [1.54, 1.807) is 0 Å². The van der Waals surface area contributed by atoms with E-state index in [4.69, 9.17) is 4.52 Å². The summed E-state index contributed by atoms with van der Waals surface area (Å²) in [5, 5.41) is 9.01. The molecule has 7 heteroatoms. The number of amides is 2. The second-order valence-electron chi connectivity index (χ2n) is 7.83. The van der Waals surface area contributed by atoms with Crippen LogP contribution in [0.2, 0.25) is 0 Å². The van der Waals surface area contributed by atoms with E-state index in [0.717, 1.165) is 47.4 Å². The van der Waals surface area contributed by atoms with E-state index in [1.807, 2.05) is 60.4 Å². The Kier molecular flexibility index (Phi) is 6.09. The lowest BCUT2D eigenvalue weighted by molar-refractivity contribution is -0.918. The van der Waals surface area contributed by atoms with Crippen molar-refractivity contribution in [2.75, 3.05) is 32.7 Å². The van der Waals surface area contributed by atoms with Crippen molar-refractivity contribution in [2.45, 2.75) is 19.9 Å². The normalized spacial score (nSPS) is 14.8. The smallest absolute Gasteiger partial charge is 0.242 e. The standard InChI is InChI=1S/C23H26N4O3/c1-17-13-20(25-30-17)16-26-9-11-27(12-10-26)23(29)15-24-22(28)14-19-7-4-6-18-5-2-3-8-21(18)19/h2-8,13H,9-12,14-16H2,1H3,(H,24,28)/p+1. The van der Waals surface area contributed by atoms with Gasteiger partial charge in [-0.1, -0.05) is 47.6 Å². The van der Waals surface area contributed by atoms with Gasteiger partial charge in [0.25, 0.3) is 0 Å². The number of nitrogens with zero attached hydrogens (tertiary/aromatic N) is 2. The number of quaternary nitrogens is 1. The van der Waals surface area contributed by atoms with Crippen LogP contribution in [0.3, 0.4) is 0 Å². The number of hydrogen-bond acceptors (Lipinski definition) is 4. The van der Waals surface area contributed by atoms with Crippen molar-refractivity contribution in [3.8, 4) is 0 Å². The zero-order chi connectivity index (χ0) is 20.9. The van der Waals surface area contributed by atoms with E-state index in [-0.39, 0.29) is 24.8 Å². The monoisotopic (exact) mass is 407 g/mol. The van der Waals surface area contributed by atoms with Crippen LogP contribution in [0.1, 0.15) is 17.0 Å². The molecule has 2 amide bonds. The number of carbonyl (C=O) groups excluding carboxylic acids is 2. The maximum absolute atomic E-state index is 12.5. The van der Waals surface area contributed by atoms with E-state index in [0.29, 0.717) is 13.1 Å². The Morgan fingerprint density at radius 3 is 2.67 bits per heavy atom. The molecule has 2 aromatic carbocycles. The molecule has 4 rings (SSSR count). The third-order valence-corrected chi connectivity index (χ3v) is 5.60. The SMILES string of the molecule is Cc1cc(C[NH+]2CCN(C(=O)CNC(=O)Cc3cccc4ccccc34)CC2)no1. The molecule has 156 valence electrons. The first kappa shape index (κ1) is 20.1. The molecule has 2 N–H and O–H groups in total. The molecule has 30 heavy (non-hydrogen) atoms. The van der Waals surface area contributed by atoms with Crippen LogP contribution >= 0.6 is 0 Å². The molecule has 0 unspecified atom stereocenters. The third kappa shape index (κ3) is 4.86. The Morgan fingerprint density at radius 2 is 1.90 bits per heavy atom. The predicted molar refractivity (Wildman–Crippen MR) is 113 cm³/mol. The van der Waals surface area contributed by atoms with Crippen molar-refractivity contribution in [2.24, 2.45) is 0 Å². The van der Waals surface area contributed by atoms with Gasteiger partial charge in [-0.05, 0) is 23.3 Å². The number of hydrogen-bond donors (Lipinski definition) is 2. The van der Waals surface area contributed by atoms with Crippen molar-refractivity contribution in [1.82, 2.24) is 15.4 Å². The van der Waals surface area contributed by atoms with Gasteiger partial charge in [-0.3, -0.25) is 9.59 Å². The zero-order valence-corrected chi connectivity index (χ0v) is 17.2. The lowest BCUT2D eigenvalue weighted by Crippen LogP contribution is -3.13. The quantitative estimate of drug-likeness (QED) is 0.631. The Labute approximate surface area is 175 Å². The molecule has 0 atom stereocenters. The van der Waals surface area contributed by atoms with Crippen LogP contribution in [0.4, 0.5) is 0 Å². The number of benzene rings is 2. The largest absolute Gasteiger partial charge is 0.361 e. The fourth-order valence-corrected chi connectivity index (χ4v) is 3.97. The molecule has 0 aliphatic carbocycles. The highest BCUT2D eigenvalue weighted by molar-refractivity contribution is 5.91. The van der Waals surface area contributed by atoms with Crippen LogP contribution in [0.5, 0.6) is 0 Å². The summed E-state index contributed by atoms with van der Waals surface area (Å²) in [6.07, 6.45) is 0.268. The van der Waals surface area contributed by atoms with E-state index in [9.17, 15) is 9.59 Å². The first-order valence-corrected chi connectivity index (χ1v) is 10.4. The number of nitrogens with one attached hydrogen (secondary N) is 2. The maximum Gasteiger partial charge on any atom is 0.242 e. The highest BCUT2D eigenvalue weighted by Crippen LogP contribution is 2.18. The van der Waals surface area contributed by atoms with Gasteiger partial charge in [0.15, 0.2) is 0 Å². The predicted octanol–water partition coefficient (Wildman–Crippen LogP) is 0.722. The average Bonchev–Trinajstić information content (AvgIpc) is 3.17. The Bertz CT molecular complexity index is 1030. The van der Waals surface area contributed by atoms with Gasteiger partial charge in [-0.15, -0.1) is 0 Å². The summed E-state index contributed by atoms with van der Waals surface area (Å²) in [4.78, 5) is 28.1. The van der Waals surface area contributed by atoms with Gasteiger partial charge in [0.1, 0.15) is 18.0 Å². The van der Waals surface area contributed by atoms with Crippen molar-refractivity contribution in [3.63, 3.8) is 0 Å². The summed E-state index contributed by atoms with van der Waals surface area (Å²) in [5.41, 5.74) is 1.92. The van der Waals surface area contributed by atoms with Crippen LogP contribution in [0, 0.1) is 6.92 Å². The minimum absolute atomic E-state index is 0.0300. The lowest BCUT2D eigenvalue weighted by Gasteiger charge is -2.31. The number of carbonyl (C=O) groups is 2. The molecule has 0 radical (unpaired) electrons. The topological polar surface area (TPSA) is 79.9 Å². The van der Waals surface area contributed by atoms with Crippen molar-refractivity contribution in [3.05, 3.63) is 65.5 Å². The molecular weight excluding hydrogens is 380 g/mol. The molecule has 1 aromatic heterocycles. The fraction of sp³-hybridized carbons (Fsp3) is 0.348. The molecule has 0 saturated carbocycles. The second kappa shape index (κ2) is 9.09. The second-order valence-corrected chi connectivity index (χ2v) is 7.83. The van der Waals surface area contributed by atoms with Crippen molar-refractivity contribution < 1.29 is 19.0 Å². The van der Waals surface area contributed by atoms with Crippen LogP contribution < -0.4 is 10.2 Å². The molecule has 3 aromatic rings. The Hall–Kier alpha value is -3.19. The minimum atomic E-state index is -0.134. The summed E-state index contributed by atoms with van der Waals surface area (Å²) in [6, 6.07) is 15.9. The molecule has 0 spiro atoms. The average molecular weight is 407 g/mol. The molecule has 1 fully saturated rings. The van der Waals surface area contributed by atoms with Gasteiger partial charge >= 0.3 is 0 Å². The van der Waals surface area contributed by atoms with E-state index in [2.05, 4.69) is 10.5 Å². The maximum atomic E-state index is 12.5. The molecule has 1 aliphatic heterocycles. The summed E-state index contributed by atoms with van der Waals surface area (Å²) >= 11 is 0.